The lowest BCUT2D eigenvalue weighted by Gasteiger charge is -2.34. The Balaban J connectivity index is 1.27. The van der Waals surface area contributed by atoms with Gasteiger partial charge in [0.1, 0.15) is 0 Å². The van der Waals surface area contributed by atoms with Gasteiger partial charge >= 0.3 is 0 Å². The number of nitrogens with one attached hydrogen (secondary N) is 2. The number of carbonyl (C=O) groups excluding carboxylic acids is 2. The van der Waals surface area contributed by atoms with Crippen molar-refractivity contribution in [3.8, 4) is 0 Å². The summed E-state index contributed by atoms with van der Waals surface area (Å²) in [7, 11) is 0. The molecule has 0 saturated carbocycles. The van der Waals surface area contributed by atoms with Gasteiger partial charge in [-0.2, -0.15) is 0 Å². The van der Waals surface area contributed by atoms with E-state index >= 15 is 0 Å². The van der Waals surface area contributed by atoms with Crippen LogP contribution in [0.4, 0.5) is 11.4 Å². The van der Waals surface area contributed by atoms with E-state index in [1.165, 1.54) is 17.3 Å². The van der Waals surface area contributed by atoms with Crippen LogP contribution in [0, 0.1) is 0 Å². The predicted molar refractivity (Wildman–Crippen MR) is 122 cm³/mol. The summed E-state index contributed by atoms with van der Waals surface area (Å²) in [6, 6.07) is 15.7. The van der Waals surface area contributed by atoms with Crippen molar-refractivity contribution in [3.63, 3.8) is 0 Å². The van der Waals surface area contributed by atoms with Gasteiger partial charge in [0, 0.05) is 49.7 Å². The molecule has 2 N–H and O–H groups in total. The number of hydrogen-bond donors (Lipinski definition) is 2. The van der Waals surface area contributed by atoms with Crippen LogP contribution in [0.15, 0.2) is 53.4 Å². The van der Waals surface area contributed by atoms with Crippen LogP contribution in [-0.4, -0.2) is 59.6 Å². The number of likely N-dealkylation sites (N-methyl/N-ethyl adjacent to an activating group) is 1. The number of thioether (sulfide) groups is 1. The van der Waals surface area contributed by atoms with Crippen LogP contribution in [0.2, 0.25) is 0 Å². The number of anilines is 2. The van der Waals surface area contributed by atoms with Gasteiger partial charge in [-0.05, 0) is 36.4 Å². The molecular formula is C23H28N4O2S. The number of para-hydroxylation sites is 1. The molecule has 0 spiro atoms. The second kappa shape index (κ2) is 9.64. The summed E-state index contributed by atoms with van der Waals surface area (Å²) in [6.45, 7) is 8.71. The maximum atomic E-state index is 12.5. The minimum atomic E-state index is -0.416. The Labute approximate surface area is 182 Å². The summed E-state index contributed by atoms with van der Waals surface area (Å²) >= 11 is 1.45. The summed E-state index contributed by atoms with van der Waals surface area (Å²) < 4.78 is 0. The highest BCUT2D eigenvalue weighted by molar-refractivity contribution is 8.01. The molecule has 6 nitrogen and oxygen atoms in total. The molecule has 0 aromatic heterocycles. The van der Waals surface area contributed by atoms with Crippen molar-refractivity contribution in [2.45, 2.75) is 30.0 Å². The molecule has 0 aliphatic carbocycles. The van der Waals surface area contributed by atoms with Crippen LogP contribution >= 0.6 is 11.8 Å². The lowest BCUT2D eigenvalue weighted by atomic mass is 10.1. The lowest BCUT2D eigenvalue weighted by molar-refractivity contribution is -0.120. The number of piperazine rings is 1. The van der Waals surface area contributed by atoms with Gasteiger partial charge in [0.15, 0.2) is 0 Å². The minimum absolute atomic E-state index is 0.118. The molecule has 2 amide bonds. The van der Waals surface area contributed by atoms with Crippen LogP contribution in [0.3, 0.4) is 0 Å². The average molecular weight is 425 g/mol. The maximum absolute atomic E-state index is 12.5. The molecule has 30 heavy (non-hydrogen) atoms. The van der Waals surface area contributed by atoms with E-state index in [-0.39, 0.29) is 18.2 Å². The highest BCUT2D eigenvalue weighted by Gasteiger charge is 2.28. The van der Waals surface area contributed by atoms with Crippen LogP contribution in [0.1, 0.15) is 18.9 Å². The third kappa shape index (κ3) is 5.22. The molecule has 2 aromatic carbocycles. The van der Waals surface area contributed by atoms with Crippen LogP contribution < -0.4 is 10.6 Å². The fourth-order valence-electron chi connectivity index (χ4n) is 3.82. The largest absolute Gasteiger partial charge is 0.326 e. The number of nitrogens with zero attached hydrogens (tertiary/aromatic N) is 2. The first-order chi connectivity index (χ1) is 14.6. The molecule has 2 heterocycles. The van der Waals surface area contributed by atoms with E-state index in [4.69, 9.17) is 0 Å². The minimum Gasteiger partial charge on any atom is -0.326 e. The first-order valence-electron chi connectivity index (χ1n) is 10.5. The fraction of sp³-hybridized carbons (Fsp3) is 0.391. The van der Waals surface area contributed by atoms with Crippen LogP contribution in [0.5, 0.6) is 0 Å². The smallest absolute Gasteiger partial charge is 0.238 e. The van der Waals surface area contributed by atoms with Crippen molar-refractivity contribution < 1.29 is 9.59 Å². The Morgan fingerprint density at radius 3 is 2.50 bits per heavy atom. The molecule has 0 radical (unpaired) electrons. The topological polar surface area (TPSA) is 64.7 Å². The molecule has 4 rings (SSSR count). The standard InChI is InChI=1S/C23H28N4O2S/c1-2-26-11-13-27(14-12-26)16-17-7-9-18(10-8-17)24-22(28)15-21-23(29)25-19-5-3-4-6-20(19)30-21/h3-10,21H,2,11-16H2,1H3,(H,24,28)(H,25,29). The van der Waals surface area contributed by atoms with Crippen molar-refractivity contribution in [1.82, 2.24) is 9.80 Å². The molecule has 1 fully saturated rings. The van der Waals surface area contributed by atoms with Crippen molar-refractivity contribution in [2.24, 2.45) is 0 Å². The molecule has 2 aliphatic rings. The number of rotatable bonds is 6. The van der Waals surface area contributed by atoms with Gasteiger partial charge in [-0.3, -0.25) is 14.5 Å². The molecule has 0 bridgehead atoms. The Kier molecular flexibility index (Phi) is 6.72. The van der Waals surface area contributed by atoms with Gasteiger partial charge in [-0.15, -0.1) is 11.8 Å². The van der Waals surface area contributed by atoms with Gasteiger partial charge in [0.25, 0.3) is 0 Å². The summed E-state index contributed by atoms with van der Waals surface area (Å²) in [5.41, 5.74) is 2.83. The Bertz CT molecular complexity index is 894. The number of carbonyl (C=O) groups is 2. The molecular weight excluding hydrogens is 396 g/mol. The van der Waals surface area contributed by atoms with E-state index in [0.717, 1.165) is 55.5 Å². The second-order valence-corrected chi connectivity index (χ2v) is 9.00. The van der Waals surface area contributed by atoms with E-state index in [0.29, 0.717) is 0 Å². The third-order valence-corrected chi connectivity index (χ3v) is 6.91. The van der Waals surface area contributed by atoms with Crippen molar-refractivity contribution >= 4 is 35.0 Å². The molecule has 158 valence electrons. The summed E-state index contributed by atoms with van der Waals surface area (Å²) in [5.74, 6) is -0.266. The van der Waals surface area contributed by atoms with E-state index < -0.39 is 5.25 Å². The zero-order chi connectivity index (χ0) is 20.9. The first kappa shape index (κ1) is 20.9. The number of fused-ring (bicyclic) bond motifs is 1. The SMILES string of the molecule is CCN1CCN(Cc2ccc(NC(=O)CC3Sc4ccccc4NC3=O)cc2)CC1. The fourth-order valence-corrected chi connectivity index (χ4v) is 4.93. The van der Waals surface area contributed by atoms with Crippen LogP contribution in [-0.2, 0) is 16.1 Å². The molecule has 7 heteroatoms. The molecule has 2 aliphatic heterocycles. The molecule has 2 aromatic rings. The zero-order valence-electron chi connectivity index (χ0n) is 17.3. The van der Waals surface area contributed by atoms with E-state index in [2.05, 4.69) is 39.5 Å². The van der Waals surface area contributed by atoms with Gasteiger partial charge < -0.3 is 15.5 Å². The zero-order valence-corrected chi connectivity index (χ0v) is 18.1. The van der Waals surface area contributed by atoms with E-state index in [9.17, 15) is 9.59 Å². The Morgan fingerprint density at radius 2 is 1.77 bits per heavy atom. The normalized spacial score (nSPS) is 19.8. The lowest BCUT2D eigenvalue weighted by Crippen LogP contribution is -2.45. The van der Waals surface area contributed by atoms with Gasteiger partial charge in [0.2, 0.25) is 11.8 Å². The predicted octanol–water partition coefficient (Wildman–Crippen LogP) is 3.27. The molecule has 1 unspecified atom stereocenters. The van der Waals surface area contributed by atoms with Crippen molar-refractivity contribution in [1.29, 1.82) is 0 Å². The summed E-state index contributed by atoms with van der Waals surface area (Å²) in [5, 5.41) is 5.39. The van der Waals surface area contributed by atoms with Crippen molar-refractivity contribution in [3.05, 3.63) is 54.1 Å². The molecule has 1 saturated heterocycles. The summed E-state index contributed by atoms with van der Waals surface area (Å²) in [6.07, 6.45) is 0.147. The second-order valence-electron chi connectivity index (χ2n) is 7.75. The number of benzene rings is 2. The Morgan fingerprint density at radius 1 is 1.07 bits per heavy atom. The number of amides is 2. The van der Waals surface area contributed by atoms with Gasteiger partial charge in [-0.1, -0.05) is 31.2 Å². The first-order valence-corrected chi connectivity index (χ1v) is 11.4. The maximum Gasteiger partial charge on any atom is 0.238 e. The highest BCUT2D eigenvalue weighted by atomic mass is 32.2. The van der Waals surface area contributed by atoms with Gasteiger partial charge in [-0.25, -0.2) is 0 Å². The van der Waals surface area contributed by atoms with E-state index in [1.807, 2.05) is 36.4 Å². The van der Waals surface area contributed by atoms with Crippen LogP contribution in [0.25, 0.3) is 0 Å². The summed E-state index contributed by atoms with van der Waals surface area (Å²) in [4.78, 5) is 30.7. The Hall–Kier alpha value is -2.35. The average Bonchev–Trinajstić information content (AvgIpc) is 2.76. The van der Waals surface area contributed by atoms with Crippen molar-refractivity contribution in [2.75, 3.05) is 43.4 Å². The highest BCUT2D eigenvalue weighted by Crippen LogP contribution is 2.36. The number of hydrogen-bond acceptors (Lipinski definition) is 5. The quantitative estimate of drug-likeness (QED) is 0.745. The van der Waals surface area contributed by atoms with Gasteiger partial charge in [0.05, 0.1) is 10.9 Å². The van der Waals surface area contributed by atoms with E-state index in [1.54, 1.807) is 0 Å². The monoisotopic (exact) mass is 424 g/mol. The molecule has 1 atom stereocenters. The third-order valence-electron chi connectivity index (χ3n) is 5.63.